The van der Waals surface area contributed by atoms with Crippen molar-refractivity contribution >= 4 is 35.0 Å². The summed E-state index contributed by atoms with van der Waals surface area (Å²) in [4.78, 5) is 18.6. The minimum atomic E-state index is -0.561. The van der Waals surface area contributed by atoms with Gasteiger partial charge >= 0.3 is 0 Å². The van der Waals surface area contributed by atoms with Gasteiger partial charge in [0, 0.05) is 5.56 Å². The zero-order valence-electron chi connectivity index (χ0n) is 10.4. The Balaban J connectivity index is 2.63. The van der Waals surface area contributed by atoms with Gasteiger partial charge in [-0.15, -0.1) is 0 Å². The average Bonchev–Trinajstić information content (AvgIpc) is 2.47. The average molecular weight is 337 g/mol. The smallest absolute Gasteiger partial charge is 0.270 e. The molecule has 1 aromatic carbocycles. The van der Waals surface area contributed by atoms with Crippen molar-refractivity contribution in [2.75, 3.05) is 5.75 Å². The molecule has 0 spiro atoms. The lowest BCUT2D eigenvalue weighted by atomic mass is 10.1. The van der Waals surface area contributed by atoms with Gasteiger partial charge in [-0.2, -0.15) is 10.5 Å². The molecule has 0 unspecified atom stereocenters. The topological polar surface area (TPSA) is 93.3 Å². The summed E-state index contributed by atoms with van der Waals surface area (Å²) in [7, 11) is 0. The van der Waals surface area contributed by atoms with Crippen LogP contribution in [0.5, 0.6) is 0 Å². The van der Waals surface area contributed by atoms with E-state index in [2.05, 4.69) is 9.97 Å². The second kappa shape index (κ2) is 6.64. The van der Waals surface area contributed by atoms with Crippen molar-refractivity contribution in [3.8, 4) is 23.4 Å². The molecule has 0 amide bonds. The highest BCUT2D eigenvalue weighted by Gasteiger charge is 2.14. The Kier molecular flexibility index (Phi) is 4.87. The summed E-state index contributed by atoms with van der Waals surface area (Å²) in [5.74, 6) is 0.135. The predicted molar refractivity (Wildman–Crippen MR) is 81.4 cm³/mol. The summed E-state index contributed by atoms with van der Waals surface area (Å²) in [6.45, 7) is 0. The highest BCUT2D eigenvalue weighted by atomic mass is 35.5. The molecule has 21 heavy (non-hydrogen) atoms. The summed E-state index contributed by atoms with van der Waals surface area (Å²) in [5.41, 5.74) is 0.0369. The van der Waals surface area contributed by atoms with Crippen LogP contribution >= 0.6 is 35.0 Å². The molecule has 0 bridgehead atoms. The van der Waals surface area contributed by atoms with Gasteiger partial charge in [0.2, 0.25) is 0 Å². The number of nitrogens with zero attached hydrogens (tertiary/aromatic N) is 3. The highest BCUT2D eigenvalue weighted by Crippen LogP contribution is 2.29. The van der Waals surface area contributed by atoms with Crippen LogP contribution < -0.4 is 5.56 Å². The molecule has 0 fully saturated rings. The second-order valence-corrected chi connectivity index (χ2v) is 5.56. The van der Waals surface area contributed by atoms with Gasteiger partial charge in [-0.05, 0) is 12.1 Å². The fourth-order valence-corrected chi connectivity index (χ4v) is 2.40. The van der Waals surface area contributed by atoms with Gasteiger partial charge in [0.25, 0.3) is 5.56 Å². The molecule has 8 heteroatoms. The number of rotatable bonds is 3. The highest BCUT2D eigenvalue weighted by molar-refractivity contribution is 7.99. The Bertz CT molecular complexity index is 836. The predicted octanol–water partition coefficient (Wildman–Crippen LogP) is 3.23. The zero-order chi connectivity index (χ0) is 15.4. The number of hydrogen-bond acceptors (Lipinski definition) is 5. The quantitative estimate of drug-likeness (QED) is 0.685. The molecule has 5 nitrogen and oxygen atoms in total. The first kappa shape index (κ1) is 15.4. The van der Waals surface area contributed by atoms with Crippen molar-refractivity contribution in [1.29, 1.82) is 10.5 Å². The van der Waals surface area contributed by atoms with E-state index in [-0.39, 0.29) is 22.2 Å². The summed E-state index contributed by atoms with van der Waals surface area (Å²) in [5, 5.41) is 18.6. The summed E-state index contributed by atoms with van der Waals surface area (Å²) in [6, 6.07) is 8.47. The number of halogens is 2. The van der Waals surface area contributed by atoms with Crippen LogP contribution in [0.1, 0.15) is 5.56 Å². The zero-order valence-corrected chi connectivity index (χ0v) is 12.7. The third-order valence-corrected chi connectivity index (χ3v) is 3.96. The molecule has 104 valence electrons. The van der Waals surface area contributed by atoms with Gasteiger partial charge in [-0.25, -0.2) is 4.98 Å². The molecule has 0 saturated heterocycles. The standard InChI is InChI=1S/C13H6Cl2N4OS/c14-9-2-1-7(5-10(9)15)11-8(6-17)12(20)19-13(18-11)21-4-3-16/h1-2,5H,4H2,(H,18,19,20). The molecule has 1 aromatic heterocycles. The summed E-state index contributed by atoms with van der Waals surface area (Å²) >= 11 is 12.9. The minimum absolute atomic E-state index is 0.116. The summed E-state index contributed by atoms with van der Waals surface area (Å²) < 4.78 is 0. The number of H-pyrrole nitrogens is 1. The lowest BCUT2D eigenvalue weighted by Gasteiger charge is -2.06. The van der Waals surface area contributed by atoms with Gasteiger partial charge < -0.3 is 4.98 Å². The number of aromatic amines is 1. The molecule has 0 saturated carbocycles. The monoisotopic (exact) mass is 336 g/mol. The second-order valence-electron chi connectivity index (χ2n) is 3.78. The molecule has 2 aromatic rings. The van der Waals surface area contributed by atoms with Crippen molar-refractivity contribution in [3.05, 3.63) is 44.2 Å². The lowest BCUT2D eigenvalue weighted by Crippen LogP contribution is -2.14. The number of aromatic nitrogens is 2. The number of benzene rings is 1. The number of nitriles is 2. The van der Waals surface area contributed by atoms with E-state index < -0.39 is 5.56 Å². The van der Waals surface area contributed by atoms with Crippen LogP contribution in [-0.2, 0) is 0 Å². The molecule has 0 aliphatic carbocycles. The third-order valence-electron chi connectivity index (χ3n) is 2.48. The fraction of sp³-hybridized carbons (Fsp3) is 0.0769. The fourth-order valence-electron chi connectivity index (χ4n) is 1.58. The molecule has 0 aliphatic rings. The van der Waals surface area contributed by atoms with Crippen LogP contribution in [-0.4, -0.2) is 15.7 Å². The molecule has 0 atom stereocenters. The minimum Gasteiger partial charge on any atom is -0.300 e. The van der Waals surface area contributed by atoms with Crippen LogP contribution in [0.25, 0.3) is 11.3 Å². The van der Waals surface area contributed by atoms with E-state index in [9.17, 15) is 4.79 Å². The largest absolute Gasteiger partial charge is 0.300 e. The molecular weight excluding hydrogens is 331 g/mol. The van der Waals surface area contributed by atoms with Crippen molar-refractivity contribution in [2.45, 2.75) is 5.16 Å². The van der Waals surface area contributed by atoms with Crippen LogP contribution in [0.2, 0.25) is 10.0 Å². The Labute approximate surface area is 134 Å². The molecular formula is C13H6Cl2N4OS. The van der Waals surface area contributed by atoms with Crippen molar-refractivity contribution in [2.24, 2.45) is 0 Å². The number of thioether (sulfide) groups is 1. The van der Waals surface area contributed by atoms with Gasteiger partial charge in [0.1, 0.15) is 11.6 Å². The normalized spacial score (nSPS) is 9.90. The van der Waals surface area contributed by atoms with Crippen molar-refractivity contribution < 1.29 is 0 Å². The maximum atomic E-state index is 11.9. The van der Waals surface area contributed by atoms with Crippen LogP contribution in [0.15, 0.2) is 28.2 Å². The number of hydrogen-bond donors (Lipinski definition) is 1. The van der Waals surface area contributed by atoms with E-state index in [1.54, 1.807) is 12.1 Å². The van der Waals surface area contributed by atoms with E-state index in [0.29, 0.717) is 15.6 Å². The first-order valence-electron chi connectivity index (χ1n) is 5.56. The van der Waals surface area contributed by atoms with E-state index >= 15 is 0 Å². The van der Waals surface area contributed by atoms with E-state index in [4.69, 9.17) is 33.7 Å². The lowest BCUT2D eigenvalue weighted by molar-refractivity contribution is 0.936. The van der Waals surface area contributed by atoms with Gasteiger partial charge in [-0.3, -0.25) is 4.79 Å². The third kappa shape index (κ3) is 3.37. The maximum absolute atomic E-state index is 11.9. The van der Waals surface area contributed by atoms with Crippen LogP contribution in [0.3, 0.4) is 0 Å². The van der Waals surface area contributed by atoms with Crippen molar-refractivity contribution in [1.82, 2.24) is 9.97 Å². The Hall–Kier alpha value is -1.99. The first-order chi connectivity index (χ1) is 10.1. The Morgan fingerprint density at radius 3 is 2.67 bits per heavy atom. The maximum Gasteiger partial charge on any atom is 0.270 e. The number of nitrogens with one attached hydrogen (secondary N) is 1. The molecule has 2 rings (SSSR count). The first-order valence-corrected chi connectivity index (χ1v) is 7.30. The van der Waals surface area contributed by atoms with Crippen molar-refractivity contribution in [3.63, 3.8) is 0 Å². The van der Waals surface area contributed by atoms with E-state index in [1.807, 2.05) is 12.1 Å². The molecule has 1 heterocycles. The SMILES string of the molecule is N#CCSc1nc(-c2ccc(Cl)c(Cl)c2)c(C#N)c(=O)[nH]1. The van der Waals surface area contributed by atoms with Crippen LogP contribution in [0.4, 0.5) is 0 Å². The molecule has 0 aliphatic heterocycles. The van der Waals surface area contributed by atoms with Crippen LogP contribution in [0, 0.1) is 22.7 Å². The Morgan fingerprint density at radius 2 is 2.05 bits per heavy atom. The Morgan fingerprint density at radius 1 is 1.29 bits per heavy atom. The van der Waals surface area contributed by atoms with Gasteiger partial charge in [0.05, 0.1) is 27.6 Å². The summed E-state index contributed by atoms with van der Waals surface area (Å²) in [6.07, 6.45) is 0. The van der Waals surface area contributed by atoms with E-state index in [1.165, 1.54) is 6.07 Å². The van der Waals surface area contributed by atoms with Gasteiger partial charge in [0.15, 0.2) is 5.16 Å². The molecule has 1 N–H and O–H groups in total. The van der Waals surface area contributed by atoms with E-state index in [0.717, 1.165) is 11.8 Å². The molecule has 0 radical (unpaired) electrons. The van der Waals surface area contributed by atoms with Gasteiger partial charge in [-0.1, -0.05) is 41.0 Å².